The maximum absolute atomic E-state index is 13.1. The number of ether oxygens (including phenoxy) is 1. The number of nitrogens with two attached hydrogens (primary N) is 1. The average molecular weight is 432 g/mol. The Morgan fingerprint density at radius 2 is 1.73 bits per heavy atom. The highest BCUT2D eigenvalue weighted by atomic mass is 32.2. The van der Waals surface area contributed by atoms with Crippen LogP contribution in [-0.2, 0) is 14.8 Å². The molecule has 0 radical (unpaired) electrons. The van der Waals surface area contributed by atoms with E-state index >= 15 is 0 Å². The number of aryl methyl sites for hydroxylation is 1. The van der Waals surface area contributed by atoms with E-state index in [2.05, 4.69) is 14.9 Å². The van der Waals surface area contributed by atoms with Crippen molar-refractivity contribution in [2.75, 3.05) is 37.7 Å². The quantitative estimate of drug-likeness (QED) is 0.716. The van der Waals surface area contributed by atoms with Gasteiger partial charge in [0.2, 0.25) is 10.0 Å². The number of sulfonamides is 1. The molecule has 0 bridgehead atoms. The molecule has 1 aromatic heterocycles. The highest BCUT2D eigenvalue weighted by molar-refractivity contribution is 7.89. The van der Waals surface area contributed by atoms with Gasteiger partial charge < -0.3 is 15.4 Å². The molecule has 160 valence electrons. The molecule has 9 nitrogen and oxygen atoms in total. The van der Waals surface area contributed by atoms with Crippen LogP contribution in [0.1, 0.15) is 11.3 Å². The van der Waals surface area contributed by atoms with Crippen LogP contribution in [0.5, 0.6) is 5.75 Å². The summed E-state index contributed by atoms with van der Waals surface area (Å²) in [6, 6.07) is 6.07. The second-order valence-electron chi connectivity index (χ2n) is 7.88. The number of carbonyl (C=O) groups excluding carboxylic acids is 1. The zero-order valence-electron chi connectivity index (χ0n) is 17.0. The van der Waals surface area contributed by atoms with Crippen LogP contribution in [0.4, 0.5) is 5.82 Å². The molecule has 1 amide bonds. The highest BCUT2D eigenvalue weighted by Crippen LogP contribution is 2.37. The summed E-state index contributed by atoms with van der Waals surface area (Å²) in [5.41, 5.74) is 7.08. The van der Waals surface area contributed by atoms with Gasteiger partial charge in [0.25, 0.3) is 5.91 Å². The van der Waals surface area contributed by atoms with E-state index in [1.165, 1.54) is 24.3 Å². The molecule has 10 heteroatoms. The van der Waals surface area contributed by atoms with Crippen molar-refractivity contribution >= 4 is 21.7 Å². The molecular formula is C20H25N5O4S. The summed E-state index contributed by atoms with van der Waals surface area (Å²) in [5, 5.41) is 0. The lowest BCUT2D eigenvalue weighted by Gasteiger charge is -2.23. The zero-order chi connectivity index (χ0) is 21.5. The second kappa shape index (κ2) is 7.84. The predicted octanol–water partition coefficient (Wildman–Crippen LogP) is 0.714. The monoisotopic (exact) mass is 431 g/mol. The van der Waals surface area contributed by atoms with Crippen LogP contribution in [0.3, 0.4) is 0 Å². The first-order valence-corrected chi connectivity index (χ1v) is 11.2. The number of hydrogen-bond acceptors (Lipinski definition) is 7. The van der Waals surface area contributed by atoms with Gasteiger partial charge in [0.05, 0.1) is 4.90 Å². The first-order chi connectivity index (χ1) is 14.3. The van der Waals surface area contributed by atoms with Gasteiger partial charge in [-0.2, -0.15) is 4.31 Å². The predicted molar refractivity (Wildman–Crippen MR) is 111 cm³/mol. The maximum Gasteiger partial charge on any atom is 0.255 e. The molecule has 2 aliphatic rings. The molecule has 2 aliphatic heterocycles. The first kappa shape index (κ1) is 20.5. The molecule has 0 aliphatic carbocycles. The number of hydrogen-bond donors (Lipinski definition) is 1. The number of benzene rings is 1. The number of nitrogens with zero attached hydrogens (tertiary/aromatic N) is 4. The van der Waals surface area contributed by atoms with Crippen LogP contribution >= 0.6 is 0 Å². The zero-order valence-corrected chi connectivity index (χ0v) is 17.8. The van der Waals surface area contributed by atoms with Gasteiger partial charge in [0.15, 0.2) is 6.61 Å². The number of aromatic nitrogens is 2. The molecule has 2 unspecified atom stereocenters. The third kappa shape index (κ3) is 3.84. The van der Waals surface area contributed by atoms with Crippen molar-refractivity contribution in [2.24, 2.45) is 17.6 Å². The molecular weight excluding hydrogens is 406 g/mol. The van der Waals surface area contributed by atoms with Gasteiger partial charge in [0, 0.05) is 37.4 Å². The summed E-state index contributed by atoms with van der Waals surface area (Å²) < 4.78 is 32.9. The molecule has 2 fully saturated rings. The molecule has 2 atom stereocenters. The van der Waals surface area contributed by atoms with Crippen molar-refractivity contribution in [1.82, 2.24) is 14.3 Å². The summed E-state index contributed by atoms with van der Waals surface area (Å²) in [5.74, 6) is 1.30. The van der Waals surface area contributed by atoms with Gasteiger partial charge in [-0.25, -0.2) is 18.4 Å². The SMILES string of the molecule is Cc1ncnc(N2CC3CN(S(=O)(=O)c4ccc(OCC(N)=O)cc4)CC3C2)c1C. The minimum absolute atomic E-state index is 0.216. The molecule has 2 aromatic rings. The lowest BCUT2D eigenvalue weighted by Crippen LogP contribution is -2.33. The Bertz CT molecular complexity index is 1040. The summed E-state index contributed by atoms with van der Waals surface area (Å²) in [6.45, 7) is 6.30. The first-order valence-electron chi connectivity index (χ1n) is 9.80. The average Bonchev–Trinajstić information content (AvgIpc) is 3.28. The van der Waals surface area contributed by atoms with Crippen LogP contribution in [0.2, 0.25) is 0 Å². The molecule has 3 heterocycles. The van der Waals surface area contributed by atoms with Crippen molar-refractivity contribution in [1.29, 1.82) is 0 Å². The second-order valence-corrected chi connectivity index (χ2v) is 9.82. The van der Waals surface area contributed by atoms with Gasteiger partial charge >= 0.3 is 0 Å². The molecule has 30 heavy (non-hydrogen) atoms. The largest absolute Gasteiger partial charge is 0.484 e. The Morgan fingerprint density at radius 1 is 1.10 bits per heavy atom. The Balaban J connectivity index is 1.43. The van der Waals surface area contributed by atoms with E-state index in [1.807, 2.05) is 13.8 Å². The molecule has 2 saturated heterocycles. The number of primary amides is 1. The van der Waals surface area contributed by atoms with E-state index in [-0.39, 0.29) is 23.3 Å². The van der Waals surface area contributed by atoms with Crippen molar-refractivity contribution < 1.29 is 17.9 Å². The van der Waals surface area contributed by atoms with Crippen molar-refractivity contribution in [3.05, 3.63) is 41.9 Å². The fourth-order valence-electron chi connectivity index (χ4n) is 4.18. The summed E-state index contributed by atoms with van der Waals surface area (Å²) >= 11 is 0. The van der Waals surface area contributed by atoms with Crippen molar-refractivity contribution in [3.63, 3.8) is 0 Å². The van der Waals surface area contributed by atoms with Gasteiger partial charge in [-0.3, -0.25) is 4.79 Å². The molecule has 4 rings (SSSR count). The van der Waals surface area contributed by atoms with E-state index in [9.17, 15) is 13.2 Å². The minimum atomic E-state index is -3.58. The standard InChI is InChI=1S/C20H25N5O4S/c1-13-14(2)22-12-23-20(13)24-7-15-9-25(10-16(15)8-24)30(27,28)18-5-3-17(4-6-18)29-11-19(21)26/h3-6,12,15-16H,7-11H2,1-2H3,(H2,21,26). The Morgan fingerprint density at radius 3 is 2.33 bits per heavy atom. The van der Waals surface area contributed by atoms with E-state index in [0.717, 1.165) is 30.2 Å². The molecule has 1 aromatic carbocycles. The fraction of sp³-hybridized carbons (Fsp3) is 0.450. The van der Waals surface area contributed by atoms with E-state index in [0.29, 0.717) is 18.8 Å². The smallest absolute Gasteiger partial charge is 0.255 e. The Labute approximate surface area is 175 Å². The number of carbonyl (C=O) groups is 1. The topological polar surface area (TPSA) is 119 Å². The molecule has 0 saturated carbocycles. The third-order valence-electron chi connectivity index (χ3n) is 5.90. The summed E-state index contributed by atoms with van der Waals surface area (Å²) in [6.07, 6.45) is 1.58. The fourth-order valence-corrected chi connectivity index (χ4v) is 5.73. The van der Waals surface area contributed by atoms with E-state index in [4.69, 9.17) is 10.5 Å². The van der Waals surface area contributed by atoms with Crippen LogP contribution in [0.15, 0.2) is 35.5 Å². The van der Waals surface area contributed by atoms with Gasteiger partial charge in [0.1, 0.15) is 17.9 Å². The lowest BCUT2D eigenvalue weighted by atomic mass is 10.0. The molecule has 0 spiro atoms. The Kier molecular flexibility index (Phi) is 5.37. The molecule has 2 N–H and O–H groups in total. The number of fused-ring (bicyclic) bond motifs is 1. The number of anilines is 1. The van der Waals surface area contributed by atoms with Crippen molar-refractivity contribution in [3.8, 4) is 5.75 Å². The maximum atomic E-state index is 13.1. The minimum Gasteiger partial charge on any atom is -0.484 e. The highest BCUT2D eigenvalue weighted by Gasteiger charge is 2.44. The number of amides is 1. The van der Waals surface area contributed by atoms with Crippen LogP contribution in [0.25, 0.3) is 0 Å². The van der Waals surface area contributed by atoms with Crippen LogP contribution in [-0.4, -0.2) is 61.4 Å². The van der Waals surface area contributed by atoms with E-state index < -0.39 is 15.9 Å². The van der Waals surface area contributed by atoms with Crippen LogP contribution < -0.4 is 15.4 Å². The Hall–Kier alpha value is -2.72. The van der Waals surface area contributed by atoms with Crippen LogP contribution in [0, 0.1) is 25.7 Å². The van der Waals surface area contributed by atoms with Crippen molar-refractivity contribution in [2.45, 2.75) is 18.7 Å². The number of rotatable bonds is 6. The van der Waals surface area contributed by atoms with Gasteiger partial charge in [-0.1, -0.05) is 0 Å². The van der Waals surface area contributed by atoms with Gasteiger partial charge in [-0.05, 0) is 49.9 Å². The third-order valence-corrected chi connectivity index (χ3v) is 7.75. The summed E-state index contributed by atoms with van der Waals surface area (Å²) in [7, 11) is -3.58. The van der Waals surface area contributed by atoms with Gasteiger partial charge in [-0.15, -0.1) is 0 Å². The summed E-state index contributed by atoms with van der Waals surface area (Å²) in [4.78, 5) is 21.9. The van der Waals surface area contributed by atoms with E-state index in [1.54, 1.807) is 10.6 Å². The normalized spacial score (nSPS) is 21.6. The lowest BCUT2D eigenvalue weighted by molar-refractivity contribution is -0.119.